The Balaban J connectivity index is 2.37. The van der Waals surface area contributed by atoms with Crippen molar-refractivity contribution < 1.29 is 0 Å². The molecule has 21 heavy (non-hydrogen) atoms. The summed E-state index contributed by atoms with van der Waals surface area (Å²) in [6.07, 6.45) is 1.54. The minimum atomic E-state index is 0.225. The average molecular weight is 305 g/mol. The quantitative estimate of drug-likeness (QED) is 0.559. The second-order valence-corrected chi connectivity index (χ2v) is 6.64. The molecule has 0 fully saturated rings. The zero-order chi connectivity index (χ0) is 15.4. The van der Waals surface area contributed by atoms with E-state index < -0.39 is 0 Å². The van der Waals surface area contributed by atoms with Gasteiger partial charge in [0.1, 0.15) is 18.0 Å². The standard InChI is InChI=1S/C15H23N5S/c1-9(2)12-14(17-8-18-15(12)20-16)19-13(10(3)4)11-6-5-7-21-11/h5-10,13H,16H2,1-4H3,(H2,17,18,19,20). The molecule has 2 aromatic rings. The third-order valence-corrected chi connectivity index (χ3v) is 4.36. The Bertz CT molecular complexity index is 565. The zero-order valence-electron chi connectivity index (χ0n) is 12.9. The largest absolute Gasteiger partial charge is 0.362 e. The van der Waals surface area contributed by atoms with E-state index in [1.54, 1.807) is 11.3 Å². The van der Waals surface area contributed by atoms with Gasteiger partial charge in [0, 0.05) is 10.4 Å². The number of rotatable bonds is 6. The number of hydrazine groups is 1. The van der Waals surface area contributed by atoms with E-state index in [0.29, 0.717) is 11.7 Å². The van der Waals surface area contributed by atoms with Crippen molar-refractivity contribution in [3.63, 3.8) is 0 Å². The zero-order valence-corrected chi connectivity index (χ0v) is 13.7. The summed E-state index contributed by atoms with van der Waals surface area (Å²) < 4.78 is 0. The van der Waals surface area contributed by atoms with Gasteiger partial charge in [-0.25, -0.2) is 15.8 Å². The molecule has 0 aliphatic rings. The predicted molar refractivity (Wildman–Crippen MR) is 89.5 cm³/mol. The lowest BCUT2D eigenvalue weighted by atomic mass is 10.0. The Hall–Kier alpha value is -1.66. The molecule has 0 amide bonds. The number of nitrogens with zero attached hydrogens (tertiary/aromatic N) is 2. The molecule has 4 N–H and O–H groups in total. The molecule has 0 saturated heterocycles. The van der Waals surface area contributed by atoms with Gasteiger partial charge in [-0.3, -0.25) is 0 Å². The molecule has 0 bridgehead atoms. The van der Waals surface area contributed by atoms with Crippen LogP contribution in [0.2, 0.25) is 0 Å². The first kappa shape index (κ1) is 15.7. The maximum absolute atomic E-state index is 5.58. The maximum Gasteiger partial charge on any atom is 0.148 e. The number of thiophene rings is 1. The highest BCUT2D eigenvalue weighted by Crippen LogP contribution is 2.34. The van der Waals surface area contributed by atoms with Crippen LogP contribution in [0.4, 0.5) is 11.6 Å². The molecule has 1 unspecified atom stereocenters. The van der Waals surface area contributed by atoms with Gasteiger partial charge in [0.2, 0.25) is 0 Å². The van der Waals surface area contributed by atoms with Crippen LogP contribution in [-0.2, 0) is 0 Å². The topological polar surface area (TPSA) is 75.9 Å². The molecule has 2 heterocycles. The molecule has 6 heteroatoms. The lowest BCUT2D eigenvalue weighted by Gasteiger charge is -2.24. The predicted octanol–water partition coefficient (Wildman–Crippen LogP) is 3.76. The number of anilines is 2. The minimum Gasteiger partial charge on any atom is -0.362 e. The third kappa shape index (κ3) is 3.51. The van der Waals surface area contributed by atoms with E-state index in [-0.39, 0.29) is 12.0 Å². The van der Waals surface area contributed by atoms with Gasteiger partial charge in [0.25, 0.3) is 0 Å². The van der Waals surface area contributed by atoms with Crippen molar-refractivity contribution in [2.24, 2.45) is 11.8 Å². The summed E-state index contributed by atoms with van der Waals surface area (Å²) in [5.74, 6) is 7.83. The van der Waals surface area contributed by atoms with E-state index in [9.17, 15) is 0 Å². The summed E-state index contributed by atoms with van der Waals surface area (Å²) in [5.41, 5.74) is 3.68. The Kier molecular flexibility index (Phi) is 5.14. The average Bonchev–Trinajstić information content (AvgIpc) is 2.97. The first-order chi connectivity index (χ1) is 10.0. The van der Waals surface area contributed by atoms with Gasteiger partial charge in [0.15, 0.2) is 0 Å². The third-order valence-electron chi connectivity index (χ3n) is 3.41. The van der Waals surface area contributed by atoms with Crippen LogP contribution in [-0.4, -0.2) is 9.97 Å². The Morgan fingerprint density at radius 3 is 2.38 bits per heavy atom. The number of hydrogen-bond acceptors (Lipinski definition) is 6. The number of nitrogen functional groups attached to an aromatic ring is 1. The fourth-order valence-electron chi connectivity index (χ4n) is 2.35. The van der Waals surface area contributed by atoms with Crippen molar-refractivity contribution in [3.05, 3.63) is 34.3 Å². The fraction of sp³-hybridized carbons (Fsp3) is 0.467. The van der Waals surface area contributed by atoms with Crippen molar-refractivity contribution in [2.75, 3.05) is 10.7 Å². The van der Waals surface area contributed by atoms with E-state index in [1.165, 1.54) is 11.2 Å². The van der Waals surface area contributed by atoms with Crippen LogP contribution in [0, 0.1) is 5.92 Å². The van der Waals surface area contributed by atoms with Gasteiger partial charge in [-0.1, -0.05) is 33.8 Å². The molecule has 1 atom stereocenters. The molecule has 0 radical (unpaired) electrons. The SMILES string of the molecule is CC(C)c1c(NN)ncnc1NC(c1cccs1)C(C)C. The molecule has 0 saturated carbocycles. The smallest absolute Gasteiger partial charge is 0.148 e. The Morgan fingerprint density at radius 1 is 1.14 bits per heavy atom. The summed E-state index contributed by atoms with van der Waals surface area (Å²) in [6, 6.07) is 4.46. The lowest BCUT2D eigenvalue weighted by molar-refractivity contribution is 0.550. The van der Waals surface area contributed by atoms with Crippen LogP contribution in [0.3, 0.4) is 0 Å². The summed E-state index contributed by atoms with van der Waals surface area (Å²) in [5, 5.41) is 5.67. The van der Waals surface area contributed by atoms with Crippen LogP contribution in [0.25, 0.3) is 0 Å². The Labute approximate surface area is 130 Å². The van der Waals surface area contributed by atoms with Crippen molar-refractivity contribution in [3.8, 4) is 0 Å². The van der Waals surface area contributed by atoms with Crippen LogP contribution in [0.1, 0.15) is 50.1 Å². The van der Waals surface area contributed by atoms with Crippen LogP contribution < -0.4 is 16.6 Å². The van der Waals surface area contributed by atoms with E-state index >= 15 is 0 Å². The normalized spacial score (nSPS) is 12.7. The van der Waals surface area contributed by atoms with Crippen LogP contribution in [0.5, 0.6) is 0 Å². The Morgan fingerprint density at radius 2 is 1.86 bits per heavy atom. The van der Waals surface area contributed by atoms with Gasteiger partial charge in [-0.2, -0.15) is 0 Å². The van der Waals surface area contributed by atoms with Crippen molar-refractivity contribution in [2.45, 2.75) is 39.7 Å². The van der Waals surface area contributed by atoms with Gasteiger partial charge >= 0.3 is 0 Å². The first-order valence-electron chi connectivity index (χ1n) is 7.16. The van der Waals surface area contributed by atoms with Crippen LogP contribution in [0.15, 0.2) is 23.8 Å². The summed E-state index contributed by atoms with van der Waals surface area (Å²) in [7, 11) is 0. The fourth-order valence-corrected chi connectivity index (χ4v) is 3.30. The molecule has 0 spiro atoms. The number of aromatic nitrogens is 2. The first-order valence-corrected chi connectivity index (χ1v) is 8.04. The highest BCUT2D eigenvalue weighted by atomic mass is 32.1. The van der Waals surface area contributed by atoms with Gasteiger partial charge in [0.05, 0.1) is 6.04 Å². The molecule has 0 aliphatic carbocycles. The van der Waals surface area contributed by atoms with Crippen molar-refractivity contribution in [1.82, 2.24) is 9.97 Å². The number of nitrogens with one attached hydrogen (secondary N) is 2. The van der Waals surface area contributed by atoms with E-state index in [2.05, 4.69) is 65.9 Å². The summed E-state index contributed by atoms with van der Waals surface area (Å²) >= 11 is 1.76. The molecule has 0 aromatic carbocycles. The minimum absolute atomic E-state index is 0.225. The monoisotopic (exact) mass is 305 g/mol. The van der Waals surface area contributed by atoms with Crippen LogP contribution >= 0.6 is 11.3 Å². The number of hydrogen-bond donors (Lipinski definition) is 3. The highest BCUT2D eigenvalue weighted by Gasteiger charge is 2.21. The van der Waals surface area contributed by atoms with Gasteiger partial charge in [-0.15, -0.1) is 11.3 Å². The summed E-state index contributed by atoms with van der Waals surface area (Å²) in [6.45, 7) is 8.63. The molecule has 0 aliphatic heterocycles. The van der Waals surface area contributed by atoms with Crippen molar-refractivity contribution in [1.29, 1.82) is 0 Å². The van der Waals surface area contributed by atoms with Crippen molar-refractivity contribution >= 4 is 23.0 Å². The van der Waals surface area contributed by atoms with E-state index in [0.717, 1.165) is 11.4 Å². The molecular formula is C15H23N5S. The molecule has 5 nitrogen and oxygen atoms in total. The second-order valence-electron chi connectivity index (χ2n) is 5.67. The highest BCUT2D eigenvalue weighted by molar-refractivity contribution is 7.10. The number of nitrogens with two attached hydrogens (primary N) is 1. The lowest BCUT2D eigenvalue weighted by Crippen LogP contribution is -2.20. The molecule has 2 rings (SSSR count). The van der Waals surface area contributed by atoms with Gasteiger partial charge in [-0.05, 0) is 23.3 Å². The van der Waals surface area contributed by atoms with E-state index in [1.807, 2.05) is 0 Å². The molecule has 114 valence electrons. The molecule has 2 aromatic heterocycles. The second kappa shape index (κ2) is 6.87. The molecular weight excluding hydrogens is 282 g/mol. The summed E-state index contributed by atoms with van der Waals surface area (Å²) in [4.78, 5) is 9.94. The van der Waals surface area contributed by atoms with Gasteiger partial charge < -0.3 is 10.7 Å². The van der Waals surface area contributed by atoms with E-state index in [4.69, 9.17) is 5.84 Å². The maximum atomic E-state index is 5.58.